The van der Waals surface area contributed by atoms with Crippen LogP contribution in [0.1, 0.15) is 24.7 Å². The predicted molar refractivity (Wildman–Crippen MR) is 73.5 cm³/mol. The molecule has 1 fully saturated rings. The van der Waals surface area contributed by atoms with Gasteiger partial charge in [-0.3, -0.25) is 0 Å². The maximum Gasteiger partial charge on any atom is 0.401 e. The molecule has 0 saturated heterocycles. The van der Waals surface area contributed by atoms with Crippen LogP contribution in [0.3, 0.4) is 0 Å². The van der Waals surface area contributed by atoms with Gasteiger partial charge >= 0.3 is 6.18 Å². The molecule has 7 heteroatoms. The van der Waals surface area contributed by atoms with Gasteiger partial charge in [-0.2, -0.15) is 13.2 Å². The van der Waals surface area contributed by atoms with Crippen molar-refractivity contribution in [2.45, 2.75) is 31.6 Å². The van der Waals surface area contributed by atoms with Gasteiger partial charge in [0.1, 0.15) is 5.82 Å². The molecule has 1 saturated carbocycles. The standard InChI is InChI=1S/C13H13BrF3N3/c14-8-1-4-11-10(5-8)19-12(20(11)9-2-3-9)6-18-7-13(15,16)17/h1,4-5,9,18H,2-3,6-7H2. The van der Waals surface area contributed by atoms with E-state index in [0.29, 0.717) is 11.9 Å². The fourth-order valence-corrected chi connectivity index (χ4v) is 2.65. The number of aromatic nitrogens is 2. The molecule has 2 aromatic rings. The minimum Gasteiger partial charge on any atom is -0.324 e. The third-order valence-corrected chi connectivity index (χ3v) is 3.74. The van der Waals surface area contributed by atoms with Gasteiger partial charge in [0, 0.05) is 10.5 Å². The SMILES string of the molecule is FC(F)(F)CNCc1nc2cc(Br)ccc2n1C1CC1. The quantitative estimate of drug-likeness (QED) is 0.911. The molecule has 0 bridgehead atoms. The highest BCUT2D eigenvalue weighted by molar-refractivity contribution is 9.10. The lowest BCUT2D eigenvalue weighted by atomic mass is 10.3. The zero-order valence-electron chi connectivity index (χ0n) is 10.5. The van der Waals surface area contributed by atoms with Crippen molar-refractivity contribution in [3.63, 3.8) is 0 Å². The Morgan fingerprint density at radius 2 is 2.10 bits per heavy atom. The molecule has 0 spiro atoms. The molecule has 108 valence electrons. The molecule has 3 rings (SSSR count). The monoisotopic (exact) mass is 347 g/mol. The van der Waals surface area contributed by atoms with E-state index in [1.54, 1.807) is 0 Å². The second-order valence-corrected chi connectivity index (χ2v) is 5.90. The van der Waals surface area contributed by atoms with Gasteiger partial charge in [0.2, 0.25) is 0 Å². The molecular formula is C13H13BrF3N3. The number of hydrogen-bond donors (Lipinski definition) is 1. The van der Waals surface area contributed by atoms with E-state index < -0.39 is 12.7 Å². The Labute approximate surface area is 122 Å². The second-order valence-electron chi connectivity index (χ2n) is 4.98. The Hall–Kier alpha value is -1.08. The summed E-state index contributed by atoms with van der Waals surface area (Å²) in [5.74, 6) is 0.671. The van der Waals surface area contributed by atoms with Crippen LogP contribution in [0.25, 0.3) is 11.0 Å². The molecule has 20 heavy (non-hydrogen) atoms. The summed E-state index contributed by atoms with van der Waals surface area (Å²) in [6.07, 6.45) is -2.07. The van der Waals surface area contributed by atoms with Crippen LogP contribution in [0.4, 0.5) is 13.2 Å². The molecule has 1 aromatic heterocycles. The highest BCUT2D eigenvalue weighted by Gasteiger charge is 2.29. The van der Waals surface area contributed by atoms with E-state index in [1.165, 1.54) is 0 Å². The second kappa shape index (κ2) is 5.04. The van der Waals surface area contributed by atoms with Crippen molar-refractivity contribution in [2.24, 2.45) is 0 Å². The number of hydrogen-bond acceptors (Lipinski definition) is 2. The third-order valence-electron chi connectivity index (χ3n) is 3.25. The summed E-state index contributed by atoms with van der Waals surface area (Å²) in [6, 6.07) is 6.15. The van der Waals surface area contributed by atoms with Gasteiger partial charge in [-0.15, -0.1) is 0 Å². The van der Waals surface area contributed by atoms with Crippen molar-refractivity contribution >= 4 is 27.0 Å². The van der Waals surface area contributed by atoms with Crippen LogP contribution >= 0.6 is 15.9 Å². The number of rotatable bonds is 4. The molecule has 0 atom stereocenters. The Kier molecular flexibility index (Phi) is 3.50. The first kappa shape index (κ1) is 13.9. The van der Waals surface area contributed by atoms with Crippen LogP contribution < -0.4 is 5.32 Å². The molecule has 1 aromatic carbocycles. The zero-order chi connectivity index (χ0) is 14.3. The van der Waals surface area contributed by atoms with Gasteiger partial charge in [0.15, 0.2) is 0 Å². The maximum atomic E-state index is 12.2. The molecular weight excluding hydrogens is 335 g/mol. The van der Waals surface area contributed by atoms with Gasteiger partial charge in [-0.1, -0.05) is 15.9 Å². The van der Waals surface area contributed by atoms with E-state index >= 15 is 0 Å². The van der Waals surface area contributed by atoms with Crippen molar-refractivity contribution in [2.75, 3.05) is 6.54 Å². The number of fused-ring (bicyclic) bond motifs is 1. The molecule has 1 heterocycles. The van der Waals surface area contributed by atoms with Crippen LogP contribution in [-0.2, 0) is 6.54 Å². The van der Waals surface area contributed by atoms with E-state index in [-0.39, 0.29) is 6.54 Å². The summed E-state index contributed by atoms with van der Waals surface area (Å²) in [5.41, 5.74) is 1.80. The van der Waals surface area contributed by atoms with Gasteiger partial charge in [0.05, 0.1) is 24.1 Å². The van der Waals surface area contributed by atoms with Crippen LogP contribution in [0, 0.1) is 0 Å². The molecule has 0 unspecified atom stereocenters. The first-order valence-electron chi connectivity index (χ1n) is 6.38. The molecule has 1 aliphatic carbocycles. The summed E-state index contributed by atoms with van der Waals surface area (Å²) < 4.78 is 39.6. The summed E-state index contributed by atoms with van der Waals surface area (Å²) in [7, 11) is 0. The van der Waals surface area contributed by atoms with Crippen molar-refractivity contribution < 1.29 is 13.2 Å². The van der Waals surface area contributed by atoms with Crippen LogP contribution in [0.2, 0.25) is 0 Å². The van der Waals surface area contributed by atoms with Gasteiger partial charge in [-0.25, -0.2) is 4.98 Å². The zero-order valence-corrected chi connectivity index (χ0v) is 12.1. The molecule has 3 nitrogen and oxygen atoms in total. The predicted octanol–water partition coefficient (Wildman–Crippen LogP) is 3.79. The van der Waals surface area contributed by atoms with E-state index in [0.717, 1.165) is 28.3 Å². The fraction of sp³-hybridized carbons (Fsp3) is 0.462. The number of nitrogens with zero attached hydrogens (tertiary/aromatic N) is 2. The average Bonchev–Trinajstić information content (AvgIpc) is 3.10. The van der Waals surface area contributed by atoms with Gasteiger partial charge < -0.3 is 9.88 Å². The highest BCUT2D eigenvalue weighted by Crippen LogP contribution is 2.39. The van der Waals surface area contributed by atoms with Crippen molar-refractivity contribution in [3.05, 3.63) is 28.5 Å². The molecule has 1 N–H and O–H groups in total. The Balaban J connectivity index is 1.87. The van der Waals surface area contributed by atoms with Crippen molar-refractivity contribution in [3.8, 4) is 0 Å². The van der Waals surface area contributed by atoms with Crippen LogP contribution in [-0.4, -0.2) is 22.3 Å². The van der Waals surface area contributed by atoms with Crippen LogP contribution in [0.15, 0.2) is 22.7 Å². The van der Waals surface area contributed by atoms with E-state index in [1.807, 2.05) is 18.2 Å². The number of benzene rings is 1. The molecule has 0 amide bonds. The number of nitrogens with one attached hydrogen (secondary N) is 1. The minimum absolute atomic E-state index is 0.127. The van der Waals surface area contributed by atoms with Gasteiger partial charge in [0.25, 0.3) is 0 Å². The lowest BCUT2D eigenvalue weighted by molar-refractivity contribution is -0.125. The Morgan fingerprint density at radius 3 is 2.75 bits per heavy atom. The summed E-state index contributed by atoms with van der Waals surface area (Å²) in [5, 5.41) is 2.42. The topological polar surface area (TPSA) is 29.9 Å². The lowest BCUT2D eigenvalue weighted by Crippen LogP contribution is -2.29. The smallest absolute Gasteiger partial charge is 0.324 e. The first-order chi connectivity index (χ1) is 9.44. The van der Waals surface area contributed by atoms with Crippen molar-refractivity contribution in [1.29, 1.82) is 0 Å². The fourth-order valence-electron chi connectivity index (χ4n) is 2.30. The first-order valence-corrected chi connectivity index (χ1v) is 7.17. The summed E-state index contributed by atoms with van der Waals surface area (Å²) in [4.78, 5) is 4.46. The van der Waals surface area contributed by atoms with E-state index in [9.17, 15) is 13.2 Å². The minimum atomic E-state index is -4.19. The van der Waals surface area contributed by atoms with E-state index in [2.05, 4.69) is 30.8 Å². The Morgan fingerprint density at radius 1 is 1.35 bits per heavy atom. The molecule has 1 aliphatic rings. The number of imidazole rings is 1. The average molecular weight is 348 g/mol. The maximum absolute atomic E-state index is 12.2. The van der Waals surface area contributed by atoms with Crippen molar-refractivity contribution in [1.82, 2.24) is 14.9 Å². The molecule has 0 radical (unpaired) electrons. The number of halogens is 4. The summed E-state index contributed by atoms with van der Waals surface area (Å²) in [6.45, 7) is -0.868. The molecule has 0 aliphatic heterocycles. The highest BCUT2D eigenvalue weighted by atomic mass is 79.9. The largest absolute Gasteiger partial charge is 0.401 e. The van der Waals surface area contributed by atoms with E-state index in [4.69, 9.17) is 0 Å². The third kappa shape index (κ3) is 2.98. The lowest BCUT2D eigenvalue weighted by Gasteiger charge is -2.10. The van der Waals surface area contributed by atoms with Gasteiger partial charge in [-0.05, 0) is 31.0 Å². The summed E-state index contributed by atoms with van der Waals surface area (Å²) >= 11 is 3.38. The number of alkyl halides is 3. The van der Waals surface area contributed by atoms with Crippen LogP contribution in [0.5, 0.6) is 0 Å². The Bertz CT molecular complexity index is 632. The normalized spacial score (nSPS) is 16.0.